The van der Waals surface area contributed by atoms with E-state index < -0.39 is 4.75 Å². The molecule has 1 aromatic carbocycles. The highest BCUT2D eigenvalue weighted by Gasteiger charge is 2.46. The minimum Gasteiger partial charge on any atom is -0.431 e. The molecule has 1 aliphatic rings. The van der Waals surface area contributed by atoms with Gasteiger partial charge < -0.3 is 10.5 Å². The fourth-order valence-corrected chi connectivity index (χ4v) is 3.45. The van der Waals surface area contributed by atoms with E-state index >= 15 is 0 Å². The Labute approximate surface area is 122 Å². The number of esters is 1. The molecule has 3 nitrogen and oxygen atoms in total. The predicted octanol–water partition coefficient (Wildman–Crippen LogP) is 3.87. The van der Waals surface area contributed by atoms with Gasteiger partial charge in [-0.2, -0.15) is 0 Å². The van der Waals surface area contributed by atoms with Crippen LogP contribution in [0.25, 0.3) is 0 Å². The molecule has 1 aromatic rings. The minimum absolute atomic E-state index is 0.115. The molecular formula is C14H16ClNO2S. The number of rotatable bonds is 2. The lowest BCUT2D eigenvalue weighted by Gasteiger charge is -2.37. The zero-order valence-electron chi connectivity index (χ0n) is 10.9. The number of thioether (sulfide) groups is 1. The van der Waals surface area contributed by atoms with E-state index in [1.165, 1.54) is 11.8 Å². The van der Waals surface area contributed by atoms with Crippen molar-refractivity contribution >= 4 is 35.0 Å². The lowest BCUT2D eigenvalue weighted by Crippen LogP contribution is -2.43. The van der Waals surface area contributed by atoms with Gasteiger partial charge >= 0.3 is 5.97 Å². The van der Waals surface area contributed by atoms with Crippen LogP contribution >= 0.6 is 23.4 Å². The Morgan fingerprint density at radius 3 is 2.89 bits per heavy atom. The van der Waals surface area contributed by atoms with E-state index in [-0.39, 0.29) is 11.9 Å². The van der Waals surface area contributed by atoms with Gasteiger partial charge in [0.05, 0.1) is 10.7 Å². The Morgan fingerprint density at radius 2 is 2.26 bits per heavy atom. The van der Waals surface area contributed by atoms with E-state index in [9.17, 15) is 4.79 Å². The summed E-state index contributed by atoms with van der Waals surface area (Å²) in [5.74, 6) is 0.361. The fraction of sp³-hybridized carbons (Fsp3) is 0.357. The second-order valence-corrected chi connectivity index (χ2v) is 6.79. The third-order valence-electron chi connectivity index (χ3n) is 3.45. The summed E-state index contributed by atoms with van der Waals surface area (Å²) in [5, 5.41) is 0.495. The van der Waals surface area contributed by atoms with E-state index in [0.29, 0.717) is 22.9 Å². The lowest BCUT2D eigenvalue weighted by molar-refractivity contribution is -0.146. The molecule has 0 saturated carbocycles. The Bertz CT molecular complexity index is 546. The maximum Gasteiger partial charge on any atom is 0.327 e. The fourth-order valence-electron chi connectivity index (χ4n) is 1.99. The van der Waals surface area contributed by atoms with Gasteiger partial charge in [0, 0.05) is 11.3 Å². The molecule has 0 spiro atoms. The third kappa shape index (κ3) is 2.60. The van der Waals surface area contributed by atoms with E-state index in [1.54, 1.807) is 6.07 Å². The number of halogens is 1. The average molecular weight is 298 g/mol. The van der Waals surface area contributed by atoms with Gasteiger partial charge in [0.1, 0.15) is 10.5 Å². The largest absolute Gasteiger partial charge is 0.431 e. The molecule has 0 bridgehead atoms. The van der Waals surface area contributed by atoms with Gasteiger partial charge in [0.15, 0.2) is 0 Å². The normalized spacial score (nSPS) is 27.2. The molecule has 0 radical (unpaired) electrons. The SMILES string of the molecule is C=C1C[C@H](C)C(C)(Sc2cccc(Cl)c2N)C(=O)O1. The van der Waals surface area contributed by atoms with Crippen LogP contribution in [-0.4, -0.2) is 10.7 Å². The van der Waals surface area contributed by atoms with Crippen LogP contribution in [0, 0.1) is 5.92 Å². The summed E-state index contributed by atoms with van der Waals surface area (Å²) in [4.78, 5) is 13.0. The van der Waals surface area contributed by atoms with Crippen LogP contribution in [0.4, 0.5) is 5.69 Å². The molecule has 2 rings (SSSR count). The highest BCUT2D eigenvalue weighted by atomic mass is 35.5. The molecule has 1 saturated heterocycles. The van der Waals surface area contributed by atoms with Gasteiger partial charge in [-0.3, -0.25) is 4.79 Å². The predicted molar refractivity (Wildman–Crippen MR) is 79.1 cm³/mol. The van der Waals surface area contributed by atoms with E-state index in [2.05, 4.69) is 6.58 Å². The topological polar surface area (TPSA) is 52.3 Å². The second kappa shape index (κ2) is 5.10. The summed E-state index contributed by atoms with van der Waals surface area (Å²) in [7, 11) is 0. The first kappa shape index (κ1) is 14.3. The number of cyclic esters (lactones) is 1. The molecular weight excluding hydrogens is 282 g/mol. The summed E-state index contributed by atoms with van der Waals surface area (Å²) in [5.41, 5.74) is 6.45. The minimum atomic E-state index is -0.681. The maximum absolute atomic E-state index is 12.2. The summed E-state index contributed by atoms with van der Waals surface area (Å²) in [6.45, 7) is 7.61. The van der Waals surface area contributed by atoms with Gasteiger partial charge in [-0.1, -0.05) is 31.2 Å². The molecule has 19 heavy (non-hydrogen) atoms. The highest BCUT2D eigenvalue weighted by Crippen LogP contribution is 2.47. The summed E-state index contributed by atoms with van der Waals surface area (Å²) < 4.78 is 4.51. The van der Waals surface area contributed by atoms with Crippen molar-refractivity contribution in [1.29, 1.82) is 0 Å². The zero-order chi connectivity index (χ0) is 14.2. The maximum atomic E-state index is 12.2. The van der Waals surface area contributed by atoms with Crippen LogP contribution in [0.3, 0.4) is 0 Å². The van der Waals surface area contributed by atoms with Crippen molar-refractivity contribution in [2.45, 2.75) is 29.9 Å². The van der Waals surface area contributed by atoms with Crippen molar-refractivity contribution in [2.24, 2.45) is 5.92 Å². The molecule has 5 heteroatoms. The van der Waals surface area contributed by atoms with E-state index in [4.69, 9.17) is 22.1 Å². The molecule has 2 atom stereocenters. The molecule has 2 N–H and O–H groups in total. The van der Waals surface area contributed by atoms with Crippen LogP contribution in [-0.2, 0) is 9.53 Å². The van der Waals surface area contributed by atoms with Gasteiger partial charge in [0.25, 0.3) is 0 Å². The molecule has 0 aliphatic carbocycles. The van der Waals surface area contributed by atoms with E-state index in [0.717, 1.165) is 4.90 Å². The number of benzene rings is 1. The monoisotopic (exact) mass is 297 g/mol. The number of para-hydroxylation sites is 1. The Kier molecular flexibility index (Phi) is 3.83. The number of nitrogen functional groups attached to an aromatic ring is 1. The van der Waals surface area contributed by atoms with Crippen LogP contribution in [0.15, 0.2) is 35.4 Å². The van der Waals surface area contributed by atoms with Crippen molar-refractivity contribution in [3.05, 3.63) is 35.6 Å². The van der Waals surface area contributed by atoms with Crippen molar-refractivity contribution in [3.63, 3.8) is 0 Å². The third-order valence-corrected chi connectivity index (χ3v) is 5.35. The first-order valence-corrected chi connectivity index (χ1v) is 7.17. The number of hydrogen-bond donors (Lipinski definition) is 1. The molecule has 1 heterocycles. The van der Waals surface area contributed by atoms with Gasteiger partial charge in [-0.15, -0.1) is 11.8 Å². The van der Waals surface area contributed by atoms with Crippen LogP contribution in [0.1, 0.15) is 20.3 Å². The smallest absolute Gasteiger partial charge is 0.327 e. The number of nitrogens with two attached hydrogens (primary N) is 1. The number of ether oxygens (including phenoxy) is 1. The average Bonchev–Trinajstić information content (AvgIpc) is 2.32. The number of carbonyl (C=O) groups is 1. The quantitative estimate of drug-likeness (QED) is 0.665. The molecule has 1 aliphatic heterocycles. The van der Waals surface area contributed by atoms with Crippen LogP contribution < -0.4 is 5.73 Å². The Morgan fingerprint density at radius 1 is 1.58 bits per heavy atom. The zero-order valence-corrected chi connectivity index (χ0v) is 12.5. The van der Waals surface area contributed by atoms with Crippen molar-refractivity contribution in [1.82, 2.24) is 0 Å². The molecule has 1 fully saturated rings. The number of allylic oxidation sites excluding steroid dienone is 1. The van der Waals surface area contributed by atoms with Crippen LogP contribution in [0.5, 0.6) is 0 Å². The molecule has 0 aromatic heterocycles. The van der Waals surface area contributed by atoms with Crippen molar-refractivity contribution in [3.8, 4) is 0 Å². The second-order valence-electron chi connectivity index (χ2n) is 4.89. The summed E-state index contributed by atoms with van der Waals surface area (Å²) in [6.07, 6.45) is 0.662. The van der Waals surface area contributed by atoms with Crippen molar-refractivity contribution in [2.75, 3.05) is 5.73 Å². The number of hydrogen-bond acceptors (Lipinski definition) is 4. The summed E-state index contributed by atoms with van der Waals surface area (Å²) in [6, 6.07) is 5.41. The number of carbonyl (C=O) groups excluding carboxylic acids is 1. The van der Waals surface area contributed by atoms with Gasteiger partial charge in [-0.05, 0) is 25.0 Å². The molecule has 0 amide bonds. The van der Waals surface area contributed by atoms with Gasteiger partial charge in [0.2, 0.25) is 0 Å². The van der Waals surface area contributed by atoms with Crippen molar-refractivity contribution < 1.29 is 9.53 Å². The first-order valence-electron chi connectivity index (χ1n) is 5.97. The summed E-state index contributed by atoms with van der Waals surface area (Å²) >= 11 is 7.41. The lowest BCUT2D eigenvalue weighted by atomic mass is 9.89. The highest BCUT2D eigenvalue weighted by molar-refractivity contribution is 8.01. The first-order chi connectivity index (χ1) is 8.84. The number of anilines is 1. The van der Waals surface area contributed by atoms with Crippen LogP contribution in [0.2, 0.25) is 5.02 Å². The molecule has 102 valence electrons. The van der Waals surface area contributed by atoms with E-state index in [1.807, 2.05) is 26.0 Å². The van der Waals surface area contributed by atoms with Gasteiger partial charge in [-0.25, -0.2) is 0 Å². The molecule has 1 unspecified atom stereocenters. The standard InChI is InChI=1S/C14H16ClNO2S/c1-8-7-9(2)18-13(17)14(8,3)19-11-6-4-5-10(15)12(11)16/h4-6,8H,2,7,16H2,1,3H3/t8-,14?/m0/s1. The Balaban J connectivity index is 2.33. The Hall–Kier alpha value is -1.13.